The maximum Gasteiger partial charge on any atom is 0.222 e. The van der Waals surface area contributed by atoms with Gasteiger partial charge in [0.25, 0.3) is 0 Å². The topological polar surface area (TPSA) is 23.6 Å². The lowest BCUT2D eigenvalue weighted by atomic mass is 9.95. The number of piperazine rings is 1. The van der Waals surface area contributed by atoms with Gasteiger partial charge in [0.1, 0.15) is 0 Å². The van der Waals surface area contributed by atoms with E-state index >= 15 is 0 Å². The molecule has 3 heteroatoms. The number of hydrogen-bond donors (Lipinski definition) is 0. The summed E-state index contributed by atoms with van der Waals surface area (Å²) in [7, 11) is 0. The largest absolute Gasteiger partial charge is 0.340 e. The number of benzene rings is 1. The van der Waals surface area contributed by atoms with E-state index in [1.807, 2.05) is 29.2 Å². The maximum absolute atomic E-state index is 12.2. The zero-order valence-corrected chi connectivity index (χ0v) is 14.9. The molecule has 140 valence electrons. The molecule has 0 aliphatic carbocycles. The van der Waals surface area contributed by atoms with Crippen LogP contribution in [0.4, 0.5) is 0 Å². The molecule has 0 bridgehead atoms. The summed E-state index contributed by atoms with van der Waals surface area (Å²) in [6.45, 7) is 14.7. The van der Waals surface area contributed by atoms with Crippen LogP contribution in [0, 0.1) is 0 Å². The van der Waals surface area contributed by atoms with Gasteiger partial charge in [-0.05, 0) is 17.6 Å². The molecule has 1 saturated heterocycles. The highest BCUT2D eigenvalue weighted by Crippen LogP contribution is 2.30. The van der Waals surface area contributed by atoms with Crippen molar-refractivity contribution in [2.24, 2.45) is 0 Å². The van der Waals surface area contributed by atoms with Gasteiger partial charge in [0.05, 0.1) is 6.04 Å². The van der Waals surface area contributed by atoms with Gasteiger partial charge in [-0.2, -0.15) is 0 Å². The van der Waals surface area contributed by atoms with E-state index in [2.05, 4.69) is 48.9 Å². The second-order valence-electron chi connectivity index (χ2n) is 6.16. The third kappa shape index (κ3) is 5.57. The zero-order chi connectivity index (χ0) is 18.1. The van der Waals surface area contributed by atoms with Gasteiger partial charge in [-0.3, -0.25) is 9.69 Å². The number of carbonyl (C=O) groups excluding carboxylic acids is 1. The molecular weight excluding hydrogens is 320 g/mol. The minimum Gasteiger partial charge on any atom is -0.340 e. The molecule has 0 saturated carbocycles. The number of hydrogen-bond acceptors (Lipinski definition) is 2. The molecule has 1 aliphatic heterocycles. The molecule has 0 N–H and O–H groups in total. The van der Waals surface area contributed by atoms with Crippen molar-refractivity contribution < 1.29 is 4.79 Å². The number of carbonyl (C=O) groups is 1. The summed E-state index contributed by atoms with van der Waals surface area (Å²) in [4.78, 5) is 16.6. The second kappa shape index (κ2) is 11.3. The molecule has 3 nitrogen and oxygen atoms in total. The van der Waals surface area contributed by atoms with Crippen molar-refractivity contribution in [1.29, 1.82) is 0 Å². The molecule has 1 heterocycles. The Morgan fingerprint density at radius 3 is 2.27 bits per heavy atom. The van der Waals surface area contributed by atoms with E-state index in [1.165, 1.54) is 5.56 Å². The molecular formula is C23H32N2O. The summed E-state index contributed by atoms with van der Waals surface area (Å²) in [5.74, 6) is 0.224. The standard InChI is InChI=1S/C22H28N2O.CH4/c1-4-7-14-21(25)23-15-17-24(18-16-23)22(19(6-3)11-5-2)20-12-9-8-10-13-20;/h4-6,8-13,22H,1-3,7,14-18H2;1H4/b19-11+;. The molecule has 1 aromatic carbocycles. The minimum absolute atomic E-state index is 0. The minimum atomic E-state index is 0. The lowest BCUT2D eigenvalue weighted by Crippen LogP contribution is -2.49. The summed E-state index contributed by atoms with van der Waals surface area (Å²) in [5, 5.41) is 0. The van der Waals surface area contributed by atoms with Crippen LogP contribution in [0.1, 0.15) is 31.9 Å². The van der Waals surface area contributed by atoms with E-state index in [-0.39, 0.29) is 19.4 Å². The first kappa shape index (κ1) is 21.7. The first-order valence-electron chi connectivity index (χ1n) is 8.84. The first-order valence-corrected chi connectivity index (χ1v) is 8.84. The van der Waals surface area contributed by atoms with Crippen LogP contribution in [0.25, 0.3) is 0 Å². The average molecular weight is 353 g/mol. The fourth-order valence-electron chi connectivity index (χ4n) is 3.27. The van der Waals surface area contributed by atoms with Crippen LogP contribution < -0.4 is 0 Å². The van der Waals surface area contributed by atoms with Crippen LogP contribution in [0.5, 0.6) is 0 Å². The zero-order valence-electron chi connectivity index (χ0n) is 14.9. The Morgan fingerprint density at radius 1 is 1.08 bits per heavy atom. The lowest BCUT2D eigenvalue weighted by molar-refractivity contribution is -0.133. The van der Waals surface area contributed by atoms with Crippen molar-refractivity contribution in [1.82, 2.24) is 9.80 Å². The van der Waals surface area contributed by atoms with Crippen LogP contribution in [0.15, 0.2) is 79.9 Å². The summed E-state index contributed by atoms with van der Waals surface area (Å²) < 4.78 is 0. The summed E-state index contributed by atoms with van der Waals surface area (Å²) in [6, 6.07) is 10.6. The highest BCUT2D eigenvalue weighted by atomic mass is 16.2. The van der Waals surface area contributed by atoms with Gasteiger partial charge in [-0.25, -0.2) is 0 Å². The number of allylic oxidation sites excluding steroid dienone is 3. The molecule has 1 aromatic rings. The summed E-state index contributed by atoms with van der Waals surface area (Å²) in [5.41, 5.74) is 2.37. The van der Waals surface area contributed by atoms with Gasteiger partial charge in [0.15, 0.2) is 0 Å². The van der Waals surface area contributed by atoms with Gasteiger partial charge < -0.3 is 4.90 Å². The van der Waals surface area contributed by atoms with E-state index in [0.717, 1.165) is 38.2 Å². The van der Waals surface area contributed by atoms with Crippen molar-refractivity contribution in [3.8, 4) is 0 Å². The maximum atomic E-state index is 12.2. The van der Waals surface area contributed by atoms with E-state index in [0.29, 0.717) is 6.42 Å². The fourth-order valence-corrected chi connectivity index (χ4v) is 3.27. The Kier molecular flexibility index (Phi) is 9.38. The molecule has 1 unspecified atom stereocenters. The van der Waals surface area contributed by atoms with E-state index in [9.17, 15) is 4.79 Å². The molecule has 1 fully saturated rings. The van der Waals surface area contributed by atoms with Crippen molar-refractivity contribution >= 4 is 5.91 Å². The third-order valence-corrected chi connectivity index (χ3v) is 4.57. The Bertz CT molecular complexity index is 625. The number of rotatable bonds is 8. The van der Waals surface area contributed by atoms with Crippen LogP contribution in [0.2, 0.25) is 0 Å². The molecule has 1 amide bonds. The molecule has 1 atom stereocenters. The number of amides is 1. The van der Waals surface area contributed by atoms with Crippen molar-refractivity contribution in [2.45, 2.75) is 26.3 Å². The van der Waals surface area contributed by atoms with Crippen molar-refractivity contribution in [2.75, 3.05) is 26.2 Å². The van der Waals surface area contributed by atoms with Crippen molar-refractivity contribution in [3.05, 3.63) is 85.5 Å². The monoisotopic (exact) mass is 352 g/mol. The molecule has 2 rings (SSSR count). The third-order valence-electron chi connectivity index (χ3n) is 4.57. The molecule has 26 heavy (non-hydrogen) atoms. The molecule has 1 aliphatic rings. The van der Waals surface area contributed by atoms with Gasteiger partial charge in [-0.15, -0.1) is 6.58 Å². The van der Waals surface area contributed by atoms with Gasteiger partial charge in [0.2, 0.25) is 5.91 Å². The van der Waals surface area contributed by atoms with Crippen LogP contribution in [0.3, 0.4) is 0 Å². The van der Waals surface area contributed by atoms with E-state index < -0.39 is 0 Å². The average Bonchev–Trinajstić information content (AvgIpc) is 2.67. The highest BCUT2D eigenvalue weighted by Gasteiger charge is 2.28. The van der Waals surface area contributed by atoms with Gasteiger partial charge in [0, 0.05) is 32.6 Å². The molecule has 0 aromatic heterocycles. The Labute approximate surface area is 159 Å². The smallest absolute Gasteiger partial charge is 0.222 e. The summed E-state index contributed by atoms with van der Waals surface area (Å²) >= 11 is 0. The SMILES string of the molecule is C.C=C/C=C(\C=C)C(c1ccccc1)N1CCN(C(=O)CCC=C)CC1. The van der Waals surface area contributed by atoms with Gasteiger partial charge in [-0.1, -0.05) is 75.2 Å². The van der Waals surface area contributed by atoms with Crippen molar-refractivity contribution in [3.63, 3.8) is 0 Å². The van der Waals surface area contributed by atoms with Gasteiger partial charge >= 0.3 is 0 Å². The quantitative estimate of drug-likeness (QED) is 0.497. The molecule has 0 radical (unpaired) electrons. The fraction of sp³-hybridized carbons (Fsp3) is 0.348. The van der Waals surface area contributed by atoms with E-state index in [1.54, 1.807) is 6.08 Å². The Hall–Kier alpha value is -2.39. The van der Waals surface area contributed by atoms with E-state index in [4.69, 9.17) is 0 Å². The first-order chi connectivity index (χ1) is 12.2. The highest BCUT2D eigenvalue weighted by molar-refractivity contribution is 5.76. The predicted molar refractivity (Wildman–Crippen MR) is 112 cm³/mol. The number of nitrogens with zero attached hydrogens (tertiary/aromatic N) is 2. The van der Waals surface area contributed by atoms with Crippen LogP contribution >= 0.6 is 0 Å². The Morgan fingerprint density at radius 2 is 1.73 bits per heavy atom. The normalized spacial score (nSPS) is 16.3. The predicted octanol–water partition coefficient (Wildman–Crippen LogP) is 4.77. The lowest BCUT2D eigenvalue weighted by Gasteiger charge is -2.40. The van der Waals surface area contributed by atoms with Crippen LogP contribution in [-0.4, -0.2) is 41.9 Å². The Balaban J connectivity index is 0.00000338. The van der Waals surface area contributed by atoms with Crippen LogP contribution in [-0.2, 0) is 4.79 Å². The summed E-state index contributed by atoms with van der Waals surface area (Å²) in [6.07, 6.45) is 8.83. The molecule has 0 spiro atoms. The second-order valence-corrected chi connectivity index (χ2v) is 6.16.